The predicted octanol–water partition coefficient (Wildman–Crippen LogP) is 3.73. The molecule has 2 N–H and O–H groups in total. The van der Waals surface area contributed by atoms with E-state index in [0.717, 1.165) is 16.8 Å². The monoisotopic (exact) mass is 405 g/mol. The van der Waals surface area contributed by atoms with Crippen LogP contribution in [0.1, 0.15) is 26.4 Å². The van der Waals surface area contributed by atoms with Gasteiger partial charge in [0, 0.05) is 11.6 Å². The van der Waals surface area contributed by atoms with Gasteiger partial charge in [-0.05, 0) is 31.2 Å². The first-order chi connectivity index (χ1) is 13.3. The molecule has 0 radical (unpaired) electrons. The Hall–Kier alpha value is -3.26. The average Bonchev–Trinajstić information content (AvgIpc) is 2.96. The van der Waals surface area contributed by atoms with Gasteiger partial charge in [-0.2, -0.15) is 5.10 Å². The first kappa shape index (κ1) is 19.5. The number of nitrogens with zero attached hydrogens (tertiary/aromatic N) is 2. The number of benzene rings is 2. The second-order valence-electron chi connectivity index (χ2n) is 5.84. The van der Waals surface area contributed by atoms with Crippen molar-refractivity contribution in [1.82, 2.24) is 9.78 Å². The highest BCUT2D eigenvalue weighted by atomic mass is 35.5. The summed E-state index contributed by atoms with van der Waals surface area (Å²) in [6, 6.07) is 9.44. The van der Waals surface area contributed by atoms with E-state index < -0.39 is 30.0 Å². The fraction of sp³-hybridized carbons (Fsp3) is 0.105. The number of carbonyl (C=O) groups is 2. The number of carbonyl (C=O) groups excluding carboxylic acids is 2. The van der Waals surface area contributed by atoms with Gasteiger partial charge in [-0.3, -0.25) is 4.79 Å². The Balaban J connectivity index is 1.81. The van der Waals surface area contributed by atoms with Crippen LogP contribution in [0.2, 0.25) is 5.02 Å². The van der Waals surface area contributed by atoms with E-state index >= 15 is 0 Å². The number of ketones is 1. The molecule has 2 aromatic carbocycles. The Kier molecular flexibility index (Phi) is 5.41. The van der Waals surface area contributed by atoms with Crippen molar-refractivity contribution >= 4 is 29.2 Å². The van der Waals surface area contributed by atoms with Gasteiger partial charge in [0.25, 0.3) is 0 Å². The van der Waals surface area contributed by atoms with Crippen molar-refractivity contribution in [3.8, 4) is 5.69 Å². The molecule has 1 heterocycles. The normalized spacial score (nSPS) is 10.7. The van der Waals surface area contributed by atoms with Gasteiger partial charge < -0.3 is 10.5 Å². The second kappa shape index (κ2) is 7.77. The highest BCUT2D eigenvalue weighted by Crippen LogP contribution is 2.23. The Morgan fingerprint density at radius 1 is 1.18 bits per heavy atom. The molecule has 0 aliphatic carbocycles. The van der Waals surface area contributed by atoms with E-state index in [0.29, 0.717) is 0 Å². The maximum absolute atomic E-state index is 13.5. The molecule has 3 aromatic rings. The summed E-state index contributed by atoms with van der Waals surface area (Å²) < 4.78 is 32.7. The van der Waals surface area contributed by atoms with Crippen molar-refractivity contribution < 1.29 is 23.1 Å². The summed E-state index contributed by atoms with van der Waals surface area (Å²) in [5, 5.41) is 4.31. The highest BCUT2D eigenvalue weighted by molar-refractivity contribution is 6.34. The molecule has 6 nitrogen and oxygen atoms in total. The lowest BCUT2D eigenvalue weighted by Gasteiger charge is -2.07. The van der Waals surface area contributed by atoms with E-state index in [2.05, 4.69) is 5.10 Å². The van der Waals surface area contributed by atoms with Crippen molar-refractivity contribution in [3.05, 3.63) is 75.9 Å². The molecule has 0 spiro atoms. The number of nitrogens with two attached hydrogens (primary N) is 1. The van der Waals surface area contributed by atoms with Gasteiger partial charge in [0.15, 0.2) is 18.2 Å². The number of rotatable bonds is 5. The van der Waals surface area contributed by atoms with Gasteiger partial charge in [-0.1, -0.05) is 23.7 Å². The number of anilines is 1. The van der Waals surface area contributed by atoms with Crippen LogP contribution in [0.3, 0.4) is 0 Å². The molecule has 0 aliphatic heterocycles. The van der Waals surface area contributed by atoms with Crippen LogP contribution in [-0.2, 0) is 4.74 Å². The smallest absolute Gasteiger partial charge is 0.344 e. The zero-order valence-corrected chi connectivity index (χ0v) is 15.3. The SMILES string of the molecule is Cc1nn(-c2ccc(F)c(F)c2)c(N)c1C(=O)OCC(=O)c1ccccc1Cl. The van der Waals surface area contributed by atoms with Crippen LogP contribution in [0, 0.1) is 18.6 Å². The molecule has 0 fully saturated rings. The molecule has 144 valence electrons. The molecule has 3 rings (SSSR count). The Morgan fingerprint density at radius 3 is 2.57 bits per heavy atom. The van der Waals surface area contributed by atoms with Crippen molar-refractivity contribution in [1.29, 1.82) is 0 Å². The van der Waals surface area contributed by atoms with E-state index in [4.69, 9.17) is 22.1 Å². The van der Waals surface area contributed by atoms with Crippen LogP contribution >= 0.6 is 11.6 Å². The van der Waals surface area contributed by atoms with E-state index in [1.54, 1.807) is 18.2 Å². The third kappa shape index (κ3) is 3.72. The fourth-order valence-corrected chi connectivity index (χ4v) is 2.82. The number of nitrogen functional groups attached to an aromatic ring is 1. The van der Waals surface area contributed by atoms with Crippen LogP contribution in [0.15, 0.2) is 42.5 Å². The fourth-order valence-electron chi connectivity index (χ4n) is 2.58. The number of aromatic nitrogens is 2. The molecule has 0 aliphatic rings. The number of hydrogen-bond donors (Lipinski definition) is 1. The first-order valence-electron chi connectivity index (χ1n) is 8.05. The van der Waals surface area contributed by atoms with Crippen molar-refractivity contribution in [2.24, 2.45) is 0 Å². The Labute approximate surface area is 163 Å². The molecular formula is C19H14ClF2N3O3. The zero-order valence-electron chi connectivity index (χ0n) is 14.6. The number of Topliss-reactive ketones (excluding diaryl/α,β-unsaturated/α-hetero) is 1. The third-order valence-electron chi connectivity index (χ3n) is 3.96. The molecule has 0 saturated carbocycles. The lowest BCUT2D eigenvalue weighted by molar-refractivity contribution is 0.0475. The van der Waals surface area contributed by atoms with Crippen molar-refractivity contribution in [2.45, 2.75) is 6.92 Å². The van der Waals surface area contributed by atoms with Crippen molar-refractivity contribution in [2.75, 3.05) is 12.3 Å². The van der Waals surface area contributed by atoms with Crippen LogP contribution in [0.5, 0.6) is 0 Å². The van der Waals surface area contributed by atoms with Gasteiger partial charge in [0.05, 0.1) is 16.4 Å². The van der Waals surface area contributed by atoms with E-state index in [9.17, 15) is 18.4 Å². The van der Waals surface area contributed by atoms with Gasteiger partial charge >= 0.3 is 5.97 Å². The highest BCUT2D eigenvalue weighted by Gasteiger charge is 2.23. The molecule has 0 unspecified atom stereocenters. The number of ether oxygens (including phenoxy) is 1. The molecule has 9 heteroatoms. The summed E-state index contributed by atoms with van der Waals surface area (Å²) in [5.41, 5.74) is 6.43. The quantitative estimate of drug-likeness (QED) is 0.516. The molecule has 0 saturated heterocycles. The minimum atomic E-state index is -1.08. The van der Waals surface area contributed by atoms with Crippen LogP contribution in [0.4, 0.5) is 14.6 Å². The maximum atomic E-state index is 13.5. The summed E-state index contributed by atoms with van der Waals surface area (Å²) in [6.07, 6.45) is 0. The summed E-state index contributed by atoms with van der Waals surface area (Å²) in [7, 11) is 0. The van der Waals surface area contributed by atoms with Gasteiger partial charge in [0.2, 0.25) is 5.78 Å². The molecular weight excluding hydrogens is 392 g/mol. The van der Waals surface area contributed by atoms with Crippen LogP contribution < -0.4 is 5.73 Å². The summed E-state index contributed by atoms with van der Waals surface area (Å²) in [5.74, 6) is -3.59. The zero-order chi connectivity index (χ0) is 20.4. The summed E-state index contributed by atoms with van der Waals surface area (Å²) in [4.78, 5) is 24.6. The lowest BCUT2D eigenvalue weighted by Crippen LogP contribution is -2.16. The average molecular weight is 406 g/mol. The molecule has 0 atom stereocenters. The van der Waals surface area contributed by atoms with Gasteiger partial charge in [-0.15, -0.1) is 0 Å². The molecule has 0 bridgehead atoms. The minimum Gasteiger partial charge on any atom is -0.454 e. The first-order valence-corrected chi connectivity index (χ1v) is 8.42. The number of aryl methyl sites for hydroxylation is 1. The topological polar surface area (TPSA) is 87.2 Å². The number of hydrogen-bond acceptors (Lipinski definition) is 5. The summed E-state index contributed by atoms with van der Waals surface area (Å²) >= 11 is 5.94. The standard InChI is InChI=1S/C19H14ClF2N3O3/c1-10-17(18(23)25(24-10)11-6-7-14(21)15(22)8-11)19(27)28-9-16(26)12-4-2-3-5-13(12)20/h2-8H,9,23H2,1H3. The number of esters is 1. The van der Waals surface area contributed by atoms with Gasteiger partial charge in [-0.25, -0.2) is 18.3 Å². The third-order valence-corrected chi connectivity index (χ3v) is 4.29. The second-order valence-corrected chi connectivity index (χ2v) is 6.24. The van der Waals surface area contributed by atoms with Crippen LogP contribution in [-0.4, -0.2) is 28.1 Å². The largest absolute Gasteiger partial charge is 0.454 e. The van der Waals surface area contributed by atoms with E-state index in [1.165, 1.54) is 19.1 Å². The number of halogens is 3. The molecule has 0 amide bonds. The maximum Gasteiger partial charge on any atom is 0.344 e. The van der Waals surface area contributed by atoms with Gasteiger partial charge in [0.1, 0.15) is 11.4 Å². The van der Waals surface area contributed by atoms with E-state index in [-0.39, 0.29) is 33.3 Å². The van der Waals surface area contributed by atoms with E-state index in [1.807, 2.05) is 0 Å². The minimum absolute atomic E-state index is 0.0725. The molecule has 28 heavy (non-hydrogen) atoms. The van der Waals surface area contributed by atoms with Crippen LogP contribution in [0.25, 0.3) is 5.69 Å². The molecule has 1 aromatic heterocycles. The summed E-state index contributed by atoms with van der Waals surface area (Å²) in [6.45, 7) is 0.955. The Bertz CT molecular complexity index is 1080. The predicted molar refractivity (Wildman–Crippen MR) is 98.7 cm³/mol. The van der Waals surface area contributed by atoms with Crippen molar-refractivity contribution in [3.63, 3.8) is 0 Å². The lowest BCUT2D eigenvalue weighted by atomic mass is 10.1. The Morgan fingerprint density at radius 2 is 1.89 bits per heavy atom.